The van der Waals surface area contributed by atoms with Gasteiger partial charge in [0.1, 0.15) is 12.4 Å². The minimum atomic E-state index is -0.436. The van der Waals surface area contributed by atoms with Gasteiger partial charge in [0.05, 0.1) is 16.5 Å². The number of nitrogens with one attached hydrogen (secondary N) is 1. The second-order valence-electron chi connectivity index (χ2n) is 6.19. The molecule has 3 rings (SSSR count). The van der Waals surface area contributed by atoms with Gasteiger partial charge in [0.25, 0.3) is 5.69 Å². The van der Waals surface area contributed by atoms with E-state index in [1.165, 1.54) is 24.3 Å². The van der Waals surface area contributed by atoms with Crippen LogP contribution in [0.2, 0.25) is 0 Å². The van der Waals surface area contributed by atoms with E-state index in [1.54, 1.807) is 31.4 Å². The van der Waals surface area contributed by atoms with Crippen molar-refractivity contribution in [1.82, 2.24) is 0 Å². The van der Waals surface area contributed by atoms with Gasteiger partial charge in [-0.3, -0.25) is 10.1 Å². The zero-order valence-electron chi connectivity index (χ0n) is 15.5. The fourth-order valence-corrected chi connectivity index (χ4v) is 3.31. The van der Waals surface area contributed by atoms with Crippen LogP contribution in [-0.2, 0) is 13.2 Å². The first-order valence-electron chi connectivity index (χ1n) is 8.68. The van der Waals surface area contributed by atoms with Crippen molar-refractivity contribution in [3.8, 4) is 11.5 Å². The molecule has 0 spiro atoms. The van der Waals surface area contributed by atoms with Gasteiger partial charge in [-0.1, -0.05) is 12.1 Å². The highest BCUT2D eigenvalue weighted by atomic mass is 79.9. The van der Waals surface area contributed by atoms with E-state index in [-0.39, 0.29) is 18.1 Å². The first-order chi connectivity index (χ1) is 14.0. The summed E-state index contributed by atoms with van der Waals surface area (Å²) in [7, 11) is 1.55. The lowest BCUT2D eigenvalue weighted by Crippen LogP contribution is -2.03. The molecule has 0 aromatic heterocycles. The molecule has 8 heteroatoms. The maximum atomic E-state index is 13.3. The van der Waals surface area contributed by atoms with Crippen molar-refractivity contribution in [2.24, 2.45) is 0 Å². The van der Waals surface area contributed by atoms with E-state index in [4.69, 9.17) is 9.47 Å². The lowest BCUT2D eigenvalue weighted by Gasteiger charge is -2.15. The fraction of sp³-hybridized carbons (Fsp3) is 0.143. The van der Waals surface area contributed by atoms with E-state index in [0.717, 1.165) is 11.3 Å². The summed E-state index contributed by atoms with van der Waals surface area (Å²) in [4.78, 5) is 10.3. The number of methoxy groups -OCH3 is 1. The van der Waals surface area contributed by atoms with Crippen LogP contribution in [0.5, 0.6) is 11.5 Å². The first kappa shape index (κ1) is 20.6. The molecule has 0 saturated carbocycles. The Hall–Kier alpha value is -3.13. The van der Waals surface area contributed by atoms with E-state index < -0.39 is 4.92 Å². The molecule has 3 aromatic carbocycles. The Balaban J connectivity index is 1.69. The minimum absolute atomic E-state index is 0.0414. The van der Waals surface area contributed by atoms with Gasteiger partial charge in [0.2, 0.25) is 0 Å². The van der Waals surface area contributed by atoms with Gasteiger partial charge in [-0.25, -0.2) is 4.39 Å². The van der Waals surface area contributed by atoms with Gasteiger partial charge in [0.15, 0.2) is 11.5 Å². The van der Waals surface area contributed by atoms with E-state index >= 15 is 0 Å². The number of halogens is 2. The maximum Gasteiger partial charge on any atom is 0.269 e. The van der Waals surface area contributed by atoms with E-state index in [0.29, 0.717) is 28.1 Å². The Morgan fingerprint density at radius 2 is 1.86 bits per heavy atom. The largest absolute Gasteiger partial charge is 0.493 e. The molecule has 0 heterocycles. The van der Waals surface area contributed by atoms with Crippen molar-refractivity contribution in [3.63, 3.8) is 0 Å². The molecule has 0 bridgehead atoms. The smallest absolute Gasteiger partial charge is 0.269 e. The molecule has 0 aliphatic rings. The molecule has 0 atom stereocenters. The highest BCUT2D eigenvalue weighted by molar-refractivity contribution is 9.10. The Bertz CT molecular complexity index is 1010. The maximum absolute atomic E-state index is 13.3. The number of nitrogens with zero attached hydrogens (tertiary/aromatic N) is 1. The molecule has 0 saturated heterocycles. The monoisotopic (exact) mass is 460 g/mol. The topological polar surface area (TPSA) is 73.6 Å². The standard InChI is InChI=1S/C21H18BrFN2O4/c1-28-20-11-15(12-24-17-5-7-18(8-6-17)25(26)27)10-19(22)21(20)29-13-14-3-2-4-16(23)9-14/h2-11,24H,12-13H2,1H3. The van der Waals surface area contributed by atoms with Crippen LogP contribution in [-0.4, -0.2) is 12.0 Å². The van der Waals surface area contributed by atoms with Crippen molar-refractivity contribution in [2.75, 3.05) is 12.4 Å². The van der Waals surface area contributed by atoms with Crippen LogP contribution in [0, 0.1) is 15.9 Å². The van der Waals surface area contributed by atoms with Crippen molar-refractivity contribution in [1.29, 1.82) is 0 Å². The van der Waals surface area contributed by atoms with Crippen LogP contribution in [0.4, 0.5) is 15.8 Å². The zero-order chi connectivity index (χ0) is 20.8. The van der Waals surface area contributed by atoms with Crippen molar-refractivity contribution >= 4 is 27.3 Å². The average Bonchev–Trinajstić information content (AvgIpc) is 2.71. The average molecular weight is 461 g/mol. The van der Waals surface area contributed by atoms with Crippen LogP contribution in [0.3, 0.4) is 0 Å². The quantitative estimate of drug-likeness (QED) is 0.344. The summed E-state index contributed by atoms with van der Waals surface area (Å²) in [5, 5.41) is 13.9. The molecule has 0 amide bonds. The second-order valence-corrected chi connectivity index (χ2v) is 7.04. The summed E-state index contributed by atoms with van der Waals surface area (Å²) in [6.07, 6.45) is 0. The van der Waals surface area contributed by atoms with Crippen LogP contribution < -0.4 is 14.8 Å². The molecular formula is C21H18BrFN2O4. The lowest BCUT2D eigenvalue weighted by atomic mass is 10.2. The Kier molecular flexibility index (Phi) is 6.66. The number of hydrogen-bond acceptors (Lipinski definition) is 5. The SMILES string of the molecule is COc1cc(CNc2ccc([N+](=O)[O-])cc2)cc(Br)c1OCc1cccc(F)c1. The summed E-state index contributed by atoms with van der Waals surface area (Å²) >= 11 is 3.50. The first-order valence-corrected chi connectivity index (χ1v) is 9.47. The van der Waals surface area contributed by atoms with Gasteiger partial charge >= 0.3 is 0 Å². The fourth-order valence-electron chi connectivity index (χ4n) is 2.70. The van der Waals surface area contributed by atoms with Crippen molar-refractivity contribution < 1.29 is 18.8 Å². The summed E-state index contributed by atoms with van der Waals surface area (Å²) in [5.74, 6) is 0.747. The number of hydrogen-bond donors (Lipinski definition) is 1. The predicted octanol–water partition coefficient (Wildman–Crippen LogP) is 5.70. The van der Waals surface area contributed by atoms with Crippen LogP contribution in [0.1, 0.15) is 11.1 Å². The van der Waals surface area contributed by atoms with Crippen LogP contribution in [0.25, 0.3) is 0 Å². The number of nitro groups is 1. The third-order valence-corrected chi connectivity index (χ3v) is 4.73. The molecule has 1 N–H and O–H groups in total. The number of nitro benzene ring substituents is 1. The lowest BCUT2D eigenvalue weighted by molar-refractivity contribution is -0.384. The minimum Gasteiger partial charge on any atom is -0.493 e. The molecule has 29 heavy (non-hydrogen) atoms. The molecule has 0 aliphatic heterocycles. The Morgan fingerprint density at radius 1 is 1.10 bits per heavy atom. The van der Waals surface area contributed by atoms with Gasteiger partial charge in [0, 0.05) is 24.4 Å². The van der Waals surface area contributed by atoms with Crippen LogP contribution in [0.15, 0.2) is 65.1 Å². The van der Waals surface area contributed by atoms with E-state index in [9.17, 15) is 14.5 Å². The highest BCUT2D eigenvalue weighted by Crippen LogP contribution is 2.37. The molecular weight excluding hydrogens is 443 g/mol. The van der Waals surface area contributed by atoms with Gasteiger partial charge in [-0.2, -0.15) is 0 Å². The summed E-state index contributed by atoms with van der Waals surface area (Å²) in [5.41, 5.74) is 2.44. The normalized spacial score (nSPS) is 10.4. The number of benzene rings is 3. The third-order valence-electron chi connectivity index (χ3n) is 4.14. The van der Waals surface area contributed by atoms with E-state index in [1.807, 2.05) is 12.1 Å². The number of rotatable bonds is 8. The van der Waals surface area contributed by atoms with Gasteiger partial charge < -0.3 is 14.8 Å². The third kappa shape index (κ3) is 5.45. The zero-order valence-corrected chi connectivity index (χ0v) is 17.1. The van der Waals surface area contributed by atoms with Crippen LogP contribution >= 0.6 is 15.9 Å². The molecule has 150 valence electrons. The molecule has 0 aliphatic carbocycles. The molecule has 3 aromatic rings. The van der Waals surface area contributed by atoms with Gasteiger partial charge in [-0.05, 0) is 63.5 Å². The number of non-ortho nitro benzene ring substituents is 1. The number of ether oxygens (including phenoxy) is 2. The molecule has 6 nitrogen and oxygen atoms in total. The van der Waals surface area contributed by atoms with Crippen molar-refractivity contribution in [2.45, 2.75) is 13.2 Å². The Morgan fingerprint density at radius 3 is 2.52 bits per heavy atom. The summed E-state index contributed by atoms with van der Waals surface area (Å²) in [6.45, 7) is 0.685. The predicted molar refractivity (Wildman–Crippen MR) is 112 cm³/mol. The summed E-state index contributed by atoms with van der Waals surface area (Å²) < 4.78 is 25.3. The second kappa shape index (κ2) is 9.38. The van der Waals surface area contributed by atoms with E-state index in [2.05, 4.69) is 21.2 Å². The van der Waals surface area contributed by atoms with Gasteiger partial charge in [-0.15, -0.1) is 0 Å². The molecule has 0 unspecified atom stereocenters. The number of anilines is 1. The molecule has 0 radical (unpaired) electrons. The molecule has 0 fully saturated rings. The highest BCUT2D eigenvalue weighted by Gasteiger charge is 2.13. The van der Waals surface area contributed by atoms with Crippen molar-refractivity contribution in [3.05, 3.63) is 92.2 Å². The summed E-state index contributed by atoms with van der Waals surface area (Å²) in [6, 6.07) is 16.1. The Labute approximate surface area is 175 Å².